The molecule has 0 aliphatic heterocycles. The number of Topliss-reactive ketones (excluding diaryl/α,β-unsaturated/α-hetero) is 1. The summed E-state index contributed by atoms with van der Waals surface area (Å²) in [5.41, 5.74) is 1.90. The Morgan fingerprint density at radius 1 is 0.967 bits per heavy atom. The number of para-hydroxylation sites is 2. The quantitative estimate of drug-likeness (QED) is 0.415. The van der Waals surface area contributed by atoms with E-state index in [1.807, 2.05) is 56.3 Å². The second-order valence-corrected chi connectivity index (χ2v) is 8.62. The van der Waals surface area contributed by atoms with Crippen LogP contribution in [-0.2, 0) is 11.2 Å². The molecule has 30 heavy (non-hydrogen) atoms. The van der Waals surface area contributed by atoms with Crippen LogP contribution >= 0.6 is 0 Å². The van der Waals surface area contributed by atoms with Crippen molar-refractivity contribution < 1.29 is 15.0 Å². The number of hydrogen-bond donors (Lipinski definition) is 2. The number of rotatable bonds is 3. The van der Waals surface area contributed by atoms with E-state index < -0.39 is 0 Å². The molecule has 152 valence electrons. The van der Waals surface area contributed by atoms with Crippen molar-refractivity contribution in [1.82, 2.24) is 0 Å². The lowest BCUT2D eigenvalue weighted by atomic mass is 9.73. The van der Waals surface area contributed by atoms with E-state index >= 15 is 0 Å². The van der Waals surface area contributed by atoms with Gasteiger partial charge in [-0.15, -0.1) is 0 Å². The summed E-state index contributed by atoms with van der Waals surface area (Å²) in [5, 5.41) is 23.3. The van der Waals surface area contributed by atoms with E-state index in [0.717, 1.165) is 16.3 Å². The first-order valence-corrected chi connectivity index (χ1v) is 10.1. The molecular formula is C26H25NO3. The molecule has 1 aliphatic rings. The number of ketones is 1. The van der Waals surface area contributed by atoms with Gasteiger partial charge in [0.05, 0.1) is 11.3 Å². The van der Waals surface area contributed by atoms with Crippen LogP contribution < -0.4 is 0 Å². The summed E-state index contributed by atoms with van der Waals surface area (Å²) in [7, 11) is 0. The summed E-state index contributed by atoms with van der Waals surface area (Å²) in [4.78, 5) is 17.6. The van der Waals surface area contributed by atoms with Crippen molar-refractivity contribution in [2.45, 2.75) is 33.1 Å². The summed E-state index contributed by atoms with van der Waals surface area (Å²) in [5.74, 6) is -0.0343. The molecule has 0 bridgehead atoms. The minimum atomic E-state index is -0.260. The van der Waals surface area contributed by atoms with Crippen molar-refractivity contribution in [3.8, 4) is 5.75 Å². The summed E-state index contributed by atoms with van der Waals surface area (Å²) in [6, 6.07) is 20.7. The minimum Gasteiger partial charge on any atom is -0.511 e. The first-order valence-electron chi connectivity index (χ1n) is 10.1. The van der Waals surface area contributed by atoms with Gasteiger partial charge < -0.3 is 10.2 Å². The molecule has 0 saturated heterocycles. The molecule has 0 atom stereocenters. The predicted molar refractivity (Wildman–Crippen MR) is 121 cm³/mol. The van der Waals surface area contributed by atoms with Gasteiger partial charge in [0.1, 0.15) is 17.2 Å². The number of fused-ring (bicyclic) bond motifs is 1. The average molecular weight is 399 g/mol. The molecule has 2 N–H and O–H groups in total. The summed E-state index contributed by atoms with van der Waals surface area (Å²) < 4.78 is 0. The van der Waals surface area contributed by atoms with Crippen LogP contribution in [0.3, 0.4) is 0 Å². The van der Waals surface area contributed by atoms with Gasteiger partial charge in [-0.3, -0.25) is 4.79 Å². The third-order valence-corrected chi connectivity index (χ3v) is 5.52. The molecule has 3 aromatic rings. The zero-order valence-electron chi connectivity index (χ0n) is 17.2. The van der Waals surface area contributed by atoms with E-state index in [2.05, 4.69) is 4.99 Å². The van der Waals surface area contributed by atoms with Crippen molar-refractivity contribution in [2.75, 3.05) is 0 Å². The highest BCUT2D eigenvalue weighted by Crippen LogP contribution is 2.38. The lowest BCUT2D eigenvalue weighted by Gasteiger charge is -2.31. The number of phenolic OH excluding ortho intramolecular Hbond substituents is 1. The fourth-order valence-electron chi connectivity index (χ4n) is 4.13. The SMILES string of the molecule is CC1(C)CC(=O)C(=C(O)Cc2cccc3ccccc23)C(=Nc2ccccc2O)C1. The van der Waals surface area contributed by atoms with Gasteiger partial charge in [-0.1, -0.05) is 68.4 Å². The van der Waals surface area contributed by atoms with Crippen molar-refractivity contribution in [2.24, 2.45) is 10.4 Å². The average Bonchev–Trinajstić information content (AvgIpc) is 2.69. The Morgan fingerprint density at radius 3 is 2.47 bits per heavy atom. The highest BCUT2D eigenvalue weighted by Gasteiger charge is 2.36. The number of aliphatic hydroxyl groups is 1. The summed E-state index contributed by atoms with van der Waals surface area (Å²) in [6.07, 6.45) is 1.15. The number of carbonyl (C=O) groups excluding carboxylic acids is 1. The van der Waals surface area contributed by atoms with E-state index in [9.17, 15) is 15.0 Å². The number of benzene rings is 3. The van der Waals surface area contributed by atoms with Gasteiger partial charge in [0.15, 0.2) is 5.78 Å². The third kappa shape index (κ3) is 3.99. The van der Waals surface area contributed by atoms with E-state index in [-0.39, 0.29) is 34.7 Å². The Kier molecular flexibility index (Phi) is 5.17. The maximum absolute atomic E-state index is 13.0. The molecule has 0 spiro atoms. The second-order valence-electron chi connectivity index (χ2n) is 8.62. The first kappa shape index (κ1) is 19.9. The lowest BCUT2D eigenvalue weighted by Crippen LogP contribution is -2.32. The number of carbonyl (C=O) groups is 1. The lowest BCUT2D eigenvalue weighted by molar-refractivity contribution is -0.117. The number of hydrogen-bond acceptors (Lipinski definition) is 4. The second kappa shape index (κ2) is 7.79. The number of phenols is 1. The van der Waals surface area contributed by atoms with Crippen molar-refractivity contribution in [3.05, 3.63) is 83.6 Å². The topological polar surface area (TPSA) is 69.9 Å². The molecule has 3 aromatic carbocycles. The van der Waals surface area contributed by atoms with Gasteiger partial charge >= 0.3 is 0 Å². The van der Waals surface area contributed by atoms with Crippen LogP contribution in [0.15, 0.2) is 83.1 Å². The van der Waals surface area contributed by atoms with Crippen LogP contribution in [0.2, 0.25) is 0 Å². The van der Waals surface area contributed by atoms with Crippen LogP contribution in [0.5, 0.6) is 5.75 Å². The van der Waals surface area contributed by atoms with Gasteiger partial charge in [-0.2, -0.15) is 0 Å². The van der Waals surface area contributed by atoms with Crippen molar-refractivity contribution >= 4 is 28.0 Å². The van der Waals surface area contributed by atoms with Gasteiger partial charge in [-0.25, -0.2) is 4.99 Å². The van der Waals surface area contributed by atoms with E-state index in [0.29, 0.717) is 24.2 Å². The maximum Gasteiger partial charge on any atom is 0.168 e. The number of allylic oxidation sites excluding steroid dienone is 2. The standard InChI is InChI=1S/C26H25NO3/c1-26(2)15-21(27-20-12-5-6-13-22(20)28)25(24(30)16-26)23(29)14-18-10-7-9-17-8-3-4-11-19(17)18/h3-13,28-29H,14-16H2,1-2H3. The predicted octanol–water partition coefficient (Wildman–Crippen LogP) is 6.06. The van der Waals surface area contributed by atoms with Gasteiger partial charge in [-0.05, 0) is 40.3 Å². The molecule has 0 amide bonds. The van der Waals surface area contributed by atoms with Crippen molar-refractivity contribution in [1.29, 1.82) is 0 Å². The normalized spacial score (nSPS) is 19.3. The third-order valence-electron chi connectivity index (χ3n) is 5.52. The zero-order chi connectivity index (χ0) is 21.3. The van der Waals surface area contributed by atoms with Gasteiger partial charge in [0, 0.05) is 12.8 Å². The van der Waals surface area contributed by atoms with Crippen LogP contribution in [0.25, 0.3) is 10.8 Å². The Bertz CT molecular complexity index is 1180. The molecule has 0 aromatic heterocycles. The largest absolute Gasteiger partial charge is 0.511 e. The Balaban J connectivity index is 1.81. The Hall–Kier alpha value is -3.40. The smallest absolute Gasteiger partial charge is 0.168 e. The fraction of sp³-hybridized carbons (Fsp3) is 0.231. The molecule has 4 rings (SSSR count). The maximum atomic E-state index is 13.0. The van der Waals surface area contributed by atoms with E-state index in [1.165, 1.54) is 0 Å². The number of nitrogens with zero attached hydrogens (tertiary/aromatic N) is 1. The fourth-order valence-corrected chi connectivity index (χ4v) is 4.13. The minimum absolute atomic E-state index is 0.0287. The van der Waals surface area contributed by atoms with Gasteiger partial charge in [0.25, 0.3) is 0 Å². The number of aromatic hydroxyl groups is 1. The molecule has 4 heteroatoms. The summed E-state index contributed by atoms with van der Waals surface area (Å²) in [6.45, 7) is 4.04. The Morgan fingerprint density at radius 2 is 1.67 bits per heavy atom. The monoisotopic (exact) mass is 399 g/mol. The summed E-state index contributed by atoms with van der Waals surface area (Å²) >= 11 is 0. The highest BCUT2D eigenvalue weighted by molar-refractivity contribution is 6.25. The highest BCUT2D eigenvalue weighted by atomic mass is 16.3. The molecule has 1 aliphatic carbocycles. The van der Waals surface area contributed by atoms with Crippen LogP contribution in [0.1, 0.15) is 32.3 Å². The molecule has 0 heterocycles. The first-order chi connectivity index (χ1) is 14.3. The number of aliphatic hydroxyl groups excluding tert-OH is 1. The van der Waals surface area contributed by atoms with Crippen LogP contribution in [-0.4, -0.2) is 21.7 Å². The van der Waals surface area contributed by atoms with Crippen LogP contribution in [0, 0.1) is 5.41 Å². The molecule has 4 nitrogen and oxygen atoms in total. The van der Waals surface area contributed by atoms with E-state index in [1.54, 1.807) is 24.3 Å². The van der Waals surface area contributed by atoms with E-state index in [4.69, 9.17) is 0 Å². The zero-order valence-corrected chi connectivity index (χ0v) is 17.2. The molecule has 1 saturated carbocycles. The van der Waals surface area contributed by atoms with Crippen molar-refractivity contribution in [3.63, 3.8) is 0 Å². The van der Waals surface area contributed by atoms with Gasteiger partial charge in [0.2, 0.25) is 0 Å². The Labute approximate surface area is 176 Å². The molecule has 1 fully saturated rings. The molecule has 0 radical (unpaired) electrons. The van der Waals surface area contributed by atoms with Crippen LogP contribution in [0.4, 0.5) is 5.69 Å². The number of aliphatic imine (C=N–C) groups is 1. The molecule has 0 unspecified atom stereocenters. The molecular weight excluding hydrogens is 374 g/mol.